The van der Waals surface area contributed by atoms with E-state index in [9.17, 15) is 4.79 Å². The van der Waals surface area contributed by atoms with E-state index in [0.717, 1.165) is 44.8 Å². The monoisotopic (exact) mass is 457 g/mol. The van der Waals surface area contributed by atoms with Crippen LogP contribution in [-0.4, -0.2) is 62.1 Å². The molecule has 0 aromatic heterocycles. The zero-order valence-electron chi connectivity index (χ0n) is 20.2. The first-order valence-electron chi connectivity index (χ1n) is 12.1. The number of amides is 1. The van der Waals surface area contributed by atoms with Gasteiger partial charge >= 0.3 is 0 Å². The van der Waals surface area contributed by atoms with Gasteiger partial charge in [0.15, 0.2) is 0 Å². The minimum Gasteiger partial charge on any atom is -0.490 e. The first kappa shape index (κ1) is 24.0. The van der Waals surface area contributed by atoms with E-state index in [1.54, 1.807) is 0 Å². The quantitative estimate of drug-likeness (QED) is 0.506. The van der Waals surface area contributed by atoms with Crippen LogP contribution in [0.2, 0.25) is 0 Å². The third kappa shape index (κ3) is 6.92. The Morgan fingerprint density at radius 2 is 1.65 bits per heavy atom. The average Bonchev–Trinajstić information content (AvgIpc) is 2.86. The van der Waals surface area contributed by atoms with E-state index >= 15 is 0 Å². The molecule has 1 aliphatic rings. The molecule has 0 aliphatic carbocycles. The molecule has 1 saturated heterocycles. The van der Waals surface area contributed by atoms with Gasteiger partial charge in [0.2, 0.25) is 0 Å². The maximum atomic E-state index is 12.4. The number of piperidine rings is 1. The standard InChI is InChI=1S/C29H35N3O2/c1-31(2)20-17-30-29(33)26-9-6-10-28(21-26)34-27-15-18-32(19-16-27)22-23-11-13-25(14-12-23)24-7-4-3-5-8-24/h3-14,21,27H,15-20,22H2,1-2H3,(H,30,33). The van der Waals surface area contributed by atoms with Crippen molar-refractivity contribution in [2.45, 2.75) is 25.5 Å². The van der Waals surface area contributed by atoms with Crippen LogP contribution >= 0.6 is 0 Å². The number of hydrogen-bond acceptors (Lipinski definition) is 4. The van der Waals surface area contributed by atoms with E-state index in [1.807, 2.05) is 49.3 Å². The molecule has 0 saturated carbocycles. The summed E-state index contributed by atoms with van der Waals surface area (Å²) in [7, 11) is 3.99. The van der Waals surface area contributed by atoms with E-state index in [1.165, 1.54) is 16.7 Å². The Hall–Kier alpha value is -3.15. The van der Waals surface area contributed by atoms with E-state index < -0.39 is 0 Å². The molecule has 34 heavy (non-hydrogen) atoms. The Labute approximate surface area is 203 Å². The average molecular weight is 458 g/mol. The van der Waals surface area contributed by atoms with Gasteiger partial charge in [0.25, 0.3) is 5.91 Å². The van der Waals surface area contributed by atoms with E-state index in [2.05, 4.69) is 58.7 Å². The maximum absolute atomic E-state index is 12.4. The van der Waals surface area contributed by atoms with Gasteiger partial charge in [-0.05, 0) is 61.8 Å². The van der Waals surface area contributed by atoms with Crippen molar-refractivity contribution >= 4 is 5.91 Å². The van der Waals surface area contributed by atoms with Crippen LogP contribution in [0.4, 0.5) is 0 Å². The fourth-order valence-corrected chi connectivity index (χ4v) is 4.27. The highest BCUT2D eigenvalue weighted by Gasteiger charge is 2.21. The van der Waals surface area contributed by atoms with Gasteiger partial charge in [-0.15, -0.1) is 0 Å². The summed E-state index contributed by atoms with van der Waals surface area (Å²) in [5.41, 5.74) is 4.49. The summed E-state index contributed by atoms with van der Waals surface area (Å²) in [4.78, 5) is 16.9. The van der Waals surface area contributed by atoms with Crippen molar-refractivity contribution in [3.8, 4) is 16.9 Å². The molecule has 1 fully saturated rings. The van der Waals surface area contributed by atoms with Crippen molar-refractivity contribution in [3.05, 3.63) is 90.0 Å². The Kier molecular flexibility index (Phi) is 8.34. The number of benzene rings is 3. The SMILES string of the molecule is CN(C)CCNC(=O)c1cccc(OC2CCN(Cc3ccc(-c4ccccc4)cc3)CC2)c1. The summed E-state index contributed by atoms with van der Waals surface area (Å²) < 4.78 is 6.24. The fraction of sp³-hybridized carbons (Fsp3) is 0.345. The summed E-state index contributed by atoms with van der Waals surface area (Å²) in [6.07, 6.45) is 2.16. The van der Waals surface area contributed by atoms with Crippen LogP contribution in [0.25, 0.3) is 11.1 Å². The molecule has 1 aliphatic heterocycles. The highest BCUT2D eigenvalue weighted by molar-refractivity contribution is 5.94. The molecule has 0 spiro atoms. The second kappa shape index (κ2) is 11.8. The summed E-state index contributed by atoms with van der Waals surface area (Å²) in [6, 6.07) is 26.9. The Morgan fingerprint density at radius 3 is 2.35 bits per heavy atom. The van der Waals surface area contributed by atoms with Crippen LogP contribution < -0.4 is 10.1 Å². The number of likely N-dealkylation sites (N-methyl/N-ethyl adjacent to an activating group) is 1. The van der Waals surface area contributed by atoms with Gasteiger partial charge in [-0.3, -0.25) is 9.69 Å². The molecule has 178 valence electrons. The van der Waals surface area contributed by atoms with Crippen LogP contribution in [0.5, 0.6) is 5.75 Å². The molecular formula is C29H35N3O2. The first-order valence-corrected chi connectivity index (χ1v) is 12.1. The number of carbonyl (C=O) groups is 1. The highest BCUT2D eigenvalue weighted by atomic mass is 16.5. The second-order valence-electron chi connectivity index (χ2n) is 9.24. The normalized spacial score (nSPS) is 14.8. The molecule has 1 N–H and O–H groups in total. The van der Waals surface area contributed by atoms with Crippen molar-refractivity contribution in [2.75, 3.05) is 40.3 Å². The number of ether oxygens (including phenoxy) is 1. The first-order chi connectivity index (χ1) is 16.6. The third-order valence-electron chi connectivity index (χ3n) is 6.25. The topological polar surface area (TPSA) is 44.8 Å². The smallest absolute Gasteiger partial charge is 0.251 e. The second-order valence-corrected chi connectivity index (χ2v) is 9.24. The largest absolute Gasteiger partial charge is 0.490 e. The summed E-state index contributed by atoms with van der Waals surface area (Å²) in [5, 5.41) is 2.96. The molecule has 0 unspecified atom stereocenters. The molecule has 5 nitrogen and oxygen atoms in total. The molecule has 1 amide bonds. The number of hydrogen-bond donors (Lipinski definition) is 1. The Morgan fingerprint density at radius 1 is 0.941 bits per heavy atom. The van der Waals surface area contributed by atoms with E-state index in [-0.39, 0.29) is 12.0 Å². The van der Waals surface area contributed by atoms with Crippen LogP contribution in [0.1, 0.15) is 28.8 Å². The zero-order valence-corrected chi connectivity index (χ0v) is 20.2. The van der Waals surface area contributed by atoms with Crippen LogP contribution in [0, 0.1) is 0 Å². The number of likely N-dealkylation sites (tertiary alicyclic amines) is 1. The van der Waals surface area contributed by atoms with Crippen molar-refractivity contribution in [3.63, 3.8) is 0 Å². The minimum absolute atomic E-state index is 0.0552. The molecule has 4 rings (SSSR count). The van der Waals surface area contributed by atoms with Crippen LogP contribution in [0.15, 0.2) is 78.9 Å². The van der Waals surface area contributed by atoms with Crippen molar-refractivity contribution < 1.29 is 9.53 Å². The lowest BCUT2D eigenvalue weighted by molar-refractivity contribution is 0.0935. The van der Waals surface area contributed by atoms with Gasteiger partial charge in [-0.1, -0.05) is 60.7 Å². The lowest BCUT2D eigenvalue weighted by Crippen LogP contribution is -2.37. The van der Waals surface area contributed by atoms with Crippen molar-refractivity contribution in [1.29, 1.82) is 0 Å². The van der Waals surface area contributed by atoms with Gasteiger partial charge in [-0.2, -0.15) is 0 Å². The number of nitrogens with one attached hydrogen (secondary N) is 1. The highest BCUT2D eigenvalue weighted by Crippen LogP contribution is 2.23. The fourth-order valence-electron chi connectivity index (χ4n) is 4.27. The van der Waals surface area contributed by atoms with Gasteiger partial charge in [0, 0.05) is 38.3 Å². The Bertz CT molecular complexity index is 1040. The third-order valence-corrected chi connectivity index (χ3v) is 6.25. The number of rotatable bonds is 9. The maximum Gasteiger partial charge on any atom is 0.251 e. The van der Waals surface area contributed by atoms with Gasteiger partial charge < -0.3 is 15.0 Å². The zero-order chi connectivity index (χ0) is 23.8. The lowest BCUT2D eigenvalue weighted by atomic mass is 10.0. The van der Waals surface area contributed by atoms with Crippen LogP contribution in [0.3, 0.4) is 0 Å². The molecule has 0 bridgehead atoms. The summed E-state index contributed by atoms with van der Waals surface area (Å²) in [6.45, 7) is 4.43. The molecular weight excluding hydrogens is 422 g/mol. The molecule has 1 heterocycles. The van der Waals surface area contributed by atoms with Gasteiger partial charge in [0.05, 0.1) is 0 Å². The molecule has 0 radical (unpaired) electrons. The molecule has 5 heteroatoms. The summed E-state index contributed by atoms with van der Waals surface area (Å²) in [5.74, 6) is 0.718. The predicted molar refractivity (Wildman–Crippen MR) is 138 cm³/mol. The van der Waals surface area contributed by atoms with Gasteiger partial charge in [0.1, 0.15) is 11.9 Å². The van der Waals surface area contributed by atoms with Crippen molar-refractivity contribution in [2.24, 2.45) is 0 Å². The number of carbonyl (C=O) groups excluding carboxylic acids is 1. The lowest BCUT2D eigenvalue weighted by Gasteiger charge is -2.32. The minimum atomic E-state index is -0.0552. The van der Waals surface area contributed by atoms with Gasteiger partial charge in [-0.25, -0.2) is 0 Å². The van der Waals surface area contributed by atoms with E-state index in [4.69, 9.17) is 4.74 Å². The molecule has 0 atom stereocenters. The Balaban J connectivity index is 1.24. The predicted octanol–water partition coefficient (Wildman–Crippen LogP) is 4.69. The van der Waals surface area contributed by atoms with E-state index in [0.29, 0.717) is 12.1 Å². The van der Waals surface area contributed by atoms with Crippen LogP contribution in [-0.2, 0) is 6.54 Å². The summed E-state index contributed by atoms with van der Waals surface area (Å²) >= 11 is 0. The molecule has 3 aromatic rings. The van der Waals surface area contributed by atoms with Crippen molar-refractivity contribution in [1.82, 2.24) is 15.1 Å². The number of nitrogens with zero attached hydrogens (tertiary/aromatic N) is 2. The molecule has 3 aromatic carbocycles.